The Hall–Kier alpha value is -0.970. The predicted molar refractivity (Wildman–Crippen MR) is 68.5 cm³/mol. The Morgan fingerprint density at radius 3 is 2.72 bits per heavy atom. The van der Waals surface area contributed by atoms with Gasteiger partial charge in [0.15, 0.2) is 0 Å². The van der Waals surface area contributed by atoms with E-state index in [1.807, 2.05) is 0 Å². The van der Waals surface area contributed by atoms with Crippen LogP contribution >= 0.6 is 22.9 Å². The molecule has 11 heteroatoms. The summed E-state index contributed by atoms with van der Waals surface area (Å²) in [5, 5.41) is 11.9. The molecule has 0 saturated carbocycles. The number of nitrogens with one attached hydrogen (secondary N) is 2. The zero-order valence-corrected chi connectivity index (χ0v) is 12.1. The first kappa shape index (κ1) is 15.1. The van der Waals surface area contributed by atoms with E-state index in [4.69, 9.17) is 11.6 Å². The quantitative estimate of drug-likeness (QED) is 0.595. The van der Waals surface area contributed by atoms with Crippen LogP contribution in [0.15, 0.2) is 4.34 Å². The second-order valence-corrected chi connectivity index (χ2v) is 6.67. The molecule has 0 atom stereocenters. The van der Waals surface area contributed by atoms with Crippen molar-refractivity contribution in [3.05, 3.63) is 0 Å². The number of alkyl halides is 1. The summed E-state index contributed by atoms with van der Waals surface area (Å²) in [4.78, 5) is 11.0. The van der Waals surface area contributed by atoms with E-state index in [0.717, 1.165) is 15.6 Å². The summed E-state index contributed by atoms with van der Waals surface area (Å²) in [6.45, 7) is 0.168. The summed E-state index contributed by atoms with van der Waals surface area (Å²) in [6.07, 6.45) is 0. The van der Waals surface area contributed by atoms with E-state index in [1.54, 1.807) is 0 Å². The molecule has 0 bridgehead atoms. The van der Waals surface area contributed by atoms with Gasteiger partial charge in [0.25, 0.3) is 10.0 Å². The maximum Gasteiger partial charge on any atom is 0.320 e. The molecule has 2 N–H and O–H groups in total. The van der Waals surface area contributed by atoms with E-state index >= 15 is 0 Å². The smallest absolute Gasteiger partial charge is 0.320 e. The van der Waals surface area contributed by atoms with E-state index in [2.05, 4.69) is 20.8 Å². The summed E-state index contributed by atoms with van der Waals surface area (Å²) in [5.41, 5.74) is 0. The number of carbonyl (C=O) groups is 1. The summed E-state index contributed by atoms with van der Waals surface area (Å²) in [5.74, 6) is 0.178. The zero-order valence-electron chi connectivity index (χ0n) is 9.68. The average Bonchev–Trinajstić information content (AvgIpc) is 2.78. The molecule has 0 saturated heterocycles. The highest BCUT2D eigenvalue weighted by Crippen LogP contribution is 2.22. The van der Waals surface area contributed by atoms with Crippen molar-refractivity contribution >= 4 is 44.1 Å². The minimum absolute atomic E-state index is 0.104. The number of hydrogen-bond donors (Lipinski definition) is 2. The summed E-state index contributed by atoms with van der Waals surface area (Å²) >= 11 is 6.25. The number of aromatic nitrogens is 2. The van der Waals surface area contributed by atoms with Gasteiger partial charge in [-0.1, -0.05) is 11.3 Å². The minimum atomic E-state index is -3.70. The maximum atomic E-state index is 11.9. The molecular weight excluding hydrogens is 302 g/mol. The van der Waals surface area contributed by atoms with Crippen LogP contribution in [-0.4, -0.2) is 55.5 Å². The number of nitrogens with zero attached hydrogens (tertiary/aromatic N) is 3. The van der Waals surface area contributed by atoms with Crippen molar-refractivity contribution in [2.75, 3.05) is 31.8 Å². The van der Waals surface area contributed by atoms with Gasteiger partial charge in [-0.15, -0.1) is 21.8 Å². The lowest BCUT2D eigenvalue weighted by Crippen LogP contribution is -2.28. The average molecular weight is 314 g/mol. The van der Waals surface area contributed by atoms with Crippen LogP contribution in [0.1, 0.15) is 0 Å². The molecule has 0 radical (unpaired) electrons. The van der Waals surface area contributed by atoms with E-state index < -0.39 is 16.1 Å². The number of anilines is 1. The lowest BCUT2D eigenvalue weighted by molar-refractivity contribution is 0.254. The van der Waals surface area contributed by atoms with Gasteiger partial charge >= 0.3 is 6.03 Å². The van der Waals surface area contributed by atoms with Crippen LogP contribution in [0.3, 0.4) is 0 Å². The van der Waals surface area contributed by atoms with E-state index in [1.165, 1.54) is 14.1 Å². The normalized spacial score (nSPS) is 11.6. The number of carbonyl (C=O) groups excluding carboxylic acids is 1. The molecule has 1 aromatic rings. The van der Waals surface area contributed by atoms with Crippen LogP contribution in [0.25, 0.3) is 0 Å². The van der Waals surface area contributed by atoms with Crippen LogP contribution < -0.4 is 10.6 Å². The van der Waals surface area contributed by atoms with Crippen molar-refractivity contribution in [1.82, 2.24) is 19.8 Å². The second-order valence-electron chi connectivity index (χ2n) is 3.09. The predicted octanol–water partition coefficient (Wildman–Crippen LogP) is 0.149. The number of rotatable bonds is 5. The van der Waals surface area contributed by atoms with Gasteiger partial charge in [-0.2, -0.15) is 4.31 Å². The van der Waals surface area contributed by atoms with Gasteiger partial charge in [-0.3, -0.25) is 5.32 Å². The Morgan fingerprint density at radius 1 is 1.50 bits per heavy atom. The van der Waals surface area contributed by atoms with Gasteiger partial charge in [0, 0.05) is 26.5 Å². The molecule has 1 heterocycles. The summed E-state index contributed by atoms with van der Waals surface area (Å²) in [6, 6.07) is -0.496. The monoisotopic (exact) mass is 313 g/mol. The van der Waals surface area contributed by atoms with Crippen LogP contribution in [0.2, 0.25) is 0 Å². The third kappa shape index (κ3) is 3.51. The van der Waals surface area contributed by atoms with E-state index in [9.17, 15) is 13.2 Å². The maximum absolute atomic E-state index is 11.9. The van der Waals surface area contributed by atoms with Crippen LogP contribution in [0, 0.1) is 0 Å². The van der Waals surface area contributed by atoms with Crippen LogP contribution in [0.5, 0.6) is 0 Å². The van der Waals surface area contributed by atoms with Crippen molar-refractivity contribution in [3.8, 4) is 0 Å². The number of halogens is 1. The van der Waals surface area contributed by atoms with Gasteiger partial charge < -0.3 is 5.32 Å². The molecule has 0 aliphatic carbocycles. The van der Waals surface area contributed by atoms with Gasteiger partial charge in [0.2, 0.25) is 9.47 Å². The third-order valence-electron chi connectivity index (χ3n) is 1.88. The molecule has 2 amide bonds. The molecule has 0 aliphatic heterocycles. The standard InChI is InChI=1S/C7H12ClN5O3S2/c1-9-5(14)10-6-11-12-7(17-6)18(15,16)13(2)4-3-8/h3-4H2,1-2H3,(H2,9,10,11,14). The molecule has 0 unspecified atom stereocenters. The number of sulfonamides is 1. The van der Waals surface area contributed by atoms with Crippen molar-refractivity contribution in [1.29, 1.82) is 0 Å². The van der Waals surface area contributed by atoms with Crippen LogP contribution in [-0.2, 0) is 10.0 Å². The molecular formula is C7H12ClN5O3S2. The molecule has 0 spiro atoms. The Morgan fingerprint density at radius 2 is 2.17 bits per heavy atom. The molecule has 1 aromatic heterocycles. The zero-order chi connectivity index (χ0) is 13.8. The van der Waals surface area contributed by atoms with Crippen molar-refractivity contribution in [2.45, 2.75) is 4.34 Å². The Balaban J connectivity index is 2.88. The highest BCUT2D eigenvalue weighted by Gasteiger charge is 2.25. The third-order valence-corrected chi connectivity index (χ3v) is 5.09. The van der Waals surface area contributed by atoms with E-state index in [-0.39, 0.29) is 21.9 Å². The second kappa shape index (κ2) is 6.27. The Kier molecular flexibility index (Phi) is 5.26. The fourth-order valence-electron chi connectivity index (χ4n) is 0.897. The lowest BCUT2D eigenvalue weighted by atomic mass is 10.8. The highest BCUT2D eigenvalue weighted by atomic mass is 35.5. The first-order chi connectivity index (χ1) is 8.41. The molecule has 8 nitrogen and oxygen atoms in total. The van der Waals surface area contributed by atoms with E-state index in [0.29, 0.717) is 0 Å². The van der Waals surface area contributed by atoms with Crippen LogP contribution in [0.4, 0.5) is 9.93 Å². The molecule has 0 aromatic carbocycles. The lowest BCUT2D eigenvalue weighted by Gasteiger charge is -2.12. The Labute approximate surface area is 113 Å². The van der Waals surface area contributed by atoms with Gasteiger partial charge in [0.05, 0.1) is 0 Å². The molecule has 0 fully saturated rings. The fraction of sp³-hybridized carbons (Fsp3) is 0.571. The summed E-state index contributed by atoms with van der Waals surface area (Å²) in [7, 11) is -0.874. The number of amides is 2. The van der Waals surface area contributed by atoms with Gasteiger partial charge in [0.1, 0.15) is 0 Å². The minimum Gasteiger partial charge on any atom is -0.341 e. The van der Waals surface area contributed by atoms with Crippen molar-refractivity contribution < 1.29 is 13.2 Å². The molecule has 18 heavy (non-hydrogen) atoms. The molecule has 1 rings (SSSR count). The number of hydrogen-bond acceptors (Lipinski definition) is 6. The van der Waals surface area contributed by atoms with Gasteiger partial charge in [-0.25, -0.2) is 13.2 Å². The topological polar surface area (TPSA) is 104 Å². The number of urea groups is 1. The molecule has 0 aliphatic rings. The van der Waals surface area contributed by atoms with Crippen molar-refractivity contribution in [3.63, 3.8) is 0 Å². The highest BCUT2D eigenvalue weighted by molar-refractivity contribution is 7.91. The fourth-order valence-corrected chi connectivity index (χ4v) is 3.50. The Bertz CT molecular complexity index is 517. The summed E-state index contributed by atoms with van der Waals surface area (Å²) < 4.78 is 24.8. The first-order valence-corrected chi connectivity index (χ1v) is 7.55. The van der Waals surface area contributed by atoms with Gasteiger partial charge in [-0.05, 0) is 0 Å². The first-order valence-electron chi connectivity index (χ1n) is 4.76. The van der Waals surface area contributed by atoms with Crippen molar-refractivity contribution in [2.24, 2.45) is 0 Å². The molecule has 102 valence electrons. The SMILES string of the molecule is CNC(=O)Nc1nnc(S(=O)(=O)N(C)CCCl)s1. The largest absolute Gasteiger partial charge is 0.341 e.